The SMILES string of the molecule is CCCCCCC1CCC(c2cccc3ccccc23)CC1. The Hall–Kier alpha value is -1.30. The summed E-state index contributed by atoms with van der Waals surface area (Å²) in [4.78, 5) is 0. The Morgan fingerprint density at radius 2 is 1.59 bits per heavy atom. The van der Waals surface area contributed by atoms with E-state index in [4.69, 9.17) is 0 Å². The molecule has 1 aliphatic rings. The highest BCUT2D eigenvalue weighted by Gasteiger charge is 2.23. The lowest BCUT2D eigenvalue weighted by Gasteiger charge is -2.29. The van der Waals surface area contributed by atoms with Gasteiger partial charge in [-0.25, -0.2) is 0 Å². The smallest absolute Gasteiger partial charge is 0.0149 e. The van der Waals surface area contributed by atoms with E-state index in [2.05, 4.69) is 49.4 Å². The molecule has 1 saturated carbocycles. The van der Waals surface area contributed by atoms with Crippen LogP contribution in [0.15, 0.2) is 42.5 Å². The van der Waals surface area contributed by atoms with Gasteiger partial charge in [-0.05, 0) is 53.9 Å². The zero-order valence-electron chi connectivity index (χ0n) is 14.1. The minimum atomic E-state index is 0.790. The van der Waals surface area contributed by atoms with Crippen molar-refractivity contribution in [2.24, 2.45) is 5.92 Å². The van der Waals surface area contributed by atoms with Gasteiger partial charge >= 0.3 is 0 Å². The van der Waals surface area contributed by atoms with Gasteiger partial charge in [0.15, 0.2) is 0 Å². The maximum absolute atomic E-state index is 2.37. The van der Waals surface area contributed by atoms with E-state index in [-0.39, 0.29) is 0 Å². The molecule has 2 aromatic rings. The van der Waals surface area contributed by atoms with Gasteiger partial charge in [0.2, 0.25) is 0 Å². The molecule has 0 aromatic heterocycles. The first-order chi connectivity index (χ1) is 10.9. The summed E-state index contributed by atoms with van der Waals surface area (Å²) in [7, 11) is 0. The fraction of sp³-hybridized carbons (Fsp3) is 0.545. The van der Waals surface area contributed by atoms with Crippen LogP contribution in [0.2, 0.25) is 0 Å². The van der Waals surface area contributed by atoms with Crippen LogP contribution in [0, 0.1) is 5.92 Å². The number of hydrogen-bond donors (Lipinski definition) is 0. The Balaban J connectivity index is 1.59. The Kier molecular flexibility index (Phi) is 5.53. The third-order valence-electron chi connectivity index (χ3n) is 5.58. The predicted octanol–water partition coefficient (Wildman–Crippen LogP) is 7.08. The third kappa shape index (κ3) is 3.72. The summed E-state index contributed by atoms with van der Waals surface area (Å²) in [6.45, 7) is 2.30. The Morgan fingerprint density at radius 1 is 0.818 bits per heavy atom. The molecule has 0 aliphatic heterocycles. The Labute approximate surface area is 135 Å². The number of unbranched alkanes of at least 4 members (excludes halogenated alkanes) is 3. The summed E-state index contributed by atoms with van der Waals surface area (Å²) in [5.41, 5.74) is 1.60. The van der Waals surface area contributed by atoms with Crippen LogP contribution in [0.25, 0.3) is 10.8 Å². The molecule has 0 saturated heterocycles. The van der Waals surface area contributed by atoms with Crippen LogP contribution in [0.4, 0.5) is 0 Å². The van der Waals surface area contributed by atoms with E-state index in [0.717, 1.165) is 11.8 Å². The van der Waals surface area contributed by atoms with Crippen molar-refractivity contribution in [3.63, 3.8) is 0 Å². The number of fused-ring (bicyclic) bond motifs is 1. The van der Waals surface area contributed by atoms with Gasteiger partial charge < -0.3 is 0 Å². The van der Waals surface area contributed by atoms with Crippen LogP contribution < -0.4 is 0 Å². The molecule has 2 aromatic carbocycles. The standard InChI is InChI=1S/C22H30/c1-2-3-4-5-9-18-14-16-20(17-15-18)22-13-8-11-19-10-6-7-12-21(19)22/h6-8,10-13,18,20H,2-5,9,14-17H2,1H3. The average Bonchev–Trinajstić information content (AvgIpc) is 2.59. The summed E-state index contributed by atoms with van der Waals surface area (Å²) in [5, 5.41) is 2.89. The average molecular weight is 294 g/mol. The topological polar surface area (TPSA) is 0 Å². The first-order valence-corrected chi connectivity index (χ1v) is 9.36. The monoisotopic (exact) mass is 294 g/mol. The van der Waals surface area contributed by atoms with E-state index in [0.29, 0.717) is 0 Å². The molecule has 0 radical (unpaired) electrons. The highest BCUT2D eigenvalue weighted by atomic mass is 14.3. The van der Waals surface area contributed by atoms with Gasteiger partial charge in [0.05, 0.1) is 0 Å². The molecule has 0 heteroatoms. The van der Waals surface area contributed by atoms with Gasteiger partial charge in [-0.3, -0.25) is 0 Å². The molecule has 0 nitrogen and oxygen atoms in total. The van der Waals surface area contributed by atoms with Crippen LogP contribution in [-0.2, 0) is 0 Å². The van der Waals surface area contributed by atoms with Crippen LogP contribution in [0.5, 0.6) is 0 Å². The molecule has 0 N–H and O–H groups in total. The second-order valence-electron chi connectivity index (χ2n) is 7.14. The van der Waals surface area contributed by atoms with Crippen molar-refractivity contribution in [1.82, 2.24) is 0 Å². The second-order valence-corrected chi connectivity index (χ2v) is 7.14. The minimum absolute atomic E-state index is 0.790. The molecule has 0 amide bonds. The molecule has 22 heavy (non-hydrogen) atoms. The quantitative estimate of drug-likeness (QED) is 0.499. The molecule has 3 rings (SSSR count). The van der Waals surface area contributed by atoms with Gasteiger partial charge in [0.25, 0.3) is 0 Å². The van der Waals surface area contributed by atoms with Gasteiger partial charge in [-0.15, -0.1) is 0 Å². The van der Waals surface area contributed by atoms with E-state index in [9.17, 15) is 0 Å². The van der Waals surface area contributed by atoms with E-state index in [1.54, 1.807) is 5.56 Å². The zero-order valence-corrected chi connectivity index (χ0v) is 14.1. The lowest BCUT2D eigenvalue weighted by Crippen LogP contribution is -2.13. The van der Waals surface area contributed by atoms with Crippen molar-refractivity contribution in [2.75, 3.05) is 0 Å². The summed E-state index contributed by atoms with van der Waals surface area (Å²) < 4.78 is 0. The van der Waals surface area contributed by atoms with Gasteiger partial charge in [-0.1, -0.05) is 81.5 Å². The molecule has 1 fully saturated rings. The maximum atomic E-state index is 2.37. The van der Waals surface area contributed by atoms with Gasteiger partial charge in [0, 0.05) is 0 Å². The normalized spacial score (nSPS) is 22.0. The molecule has 0 bridgehead atoms. The van der Waals surface area contributed by atoms with Crippen LogP contribution in [0.3, 0.4) is 0 Å². The highest BCUT2D eigenvalue weighted by Crippen LogP contribution is 2.40. The third-order valence-corrected chi connectivity index (χ3v) is 5.58. The van der Waals surface area contributed by atoms with E-state index >= 15 is 0 Å². The van der Waals surface area contributed by atoms with Crippen molar-refractivity contribution in [1.29, 1.82) is 0 Å². The summed E-state index contributed by atoms with van der Waals surface area (Å²) in [6.07, 6.45) is 12.8. The molecule has 0 atom stereocenters. The van der Waals surface area contributed by atoms with Crippen molar-refractivity contribution < 1.29 is 0 Å². The first-order valence-electron chi connectivity index (χ1n) is 9.36. The summed E-state index contributed by atoms with van der Waals surface area (Å²) >= 11 is 0. The lowest BCUT2D eigenvalue weighted by atomic mass is 9.76. The Morgan fingerprint density at radius 3 is 2.41 bits per heavy atom. The molecule has 1 aliphatic carbocycles. The highest BCUT2D eigenvalue weighted by molar-refractivity contribution is 5.86. The van der Waals surface area contributed by atoms with Crippen molar-refractivity contribution in [2.45, 2.75) is 70.6 Å². The first kappa shape index (κ1) is 15.6. The van der Waals surface area contributed by atoms with E-state index < -0.39 is 0 Å². The molecule has 118 valence electrons. The lowest BCUT2D eigenvalue weighted by molar-refractivity contribution is 0.303. The van der Waals surface area contributed by atoms with Crippen molar-refractivity contribution in [3.05, 3.63) is 48.0 Å². The van der Waals surface area contributed by atoms with Gasteiger partial charge in [0.1, 0.15) is 0 Å². The predicted molar refractivity (Wildman–Crippen MR) is 97.4 cm³/mol. The number of benzene rings is 2. The molecule has 0 heterocycles. The van der Waals surface area contributed by atoms with Crippen LogP contribution in [-0.4, -0.2) is 0 Å². The van der Waals surface area contributed by atoms with Crippen LogP contribution >= 0.6 is 0 Å². The molecular weight excluding hydrogens is 264 g/mol. The van der Waals surface area contributed by atoms with Crippen molar-refractivity contribution in [3.8, 4) is 0 Å². The molecule has 0 unspecified atom stereocenters. The fourth-order valence-corrected chi connectivity index (χ4v) is 4.23. The molecular formula is C22H30. The van der Waals surface area contributed by atoms with E-state index in [1.165, 1.54) is 68.6 Å². The molecule has 0 spiro atoms. The van der Waals surface area contributed by atoms with E-state index in [1.807, 2.05) is 0 Å². The summed E-state index contributed by atoms with van der Waals surface area (Å²) in [6, 6.07) is 15.8. The minimum Gasteiger partial charge on any atom is -0.0654 e. The van der Waals surface area contributed by atoms with Gasteiger partial charge in [-0.2, -0.15) is 0 Å². The second kappa shape index (κ2) is 7.81. The van der Waals surface area contributed by atoms with Crippen molar-refractivity contribution >= 4 is 10.8 Å². The maximum Gasteiger partial charge on any atom is -0.0149 e. The fourth-order valence-electron chi connectivity index (χ4n) is 4.23. The zero-order chi connectivity index (χ0) is 15.2. The number of rotatable bonds is 6. The van der Waals surface area contributed by atoms with Crippen LogP contribution in [0.1, 0.15) is 76.2 Å². The largest absolute Gasteiger partial charge is 0.0654 e. The summed E-state index contributed by atoms with van der Waals surface area (Å²) in [5.74, 6) is 1.79. The Bertz CT molecular complexity index is 570. The number of hydrogen-bond acceptors (Lipinski definition) is 0.